The van der Waals surface area contributed by atoms with Gasteiger partial charge < -0.3 is 14.4 Å². The average molecular weight is 209 g/mol. The molecule has 0 aliphatic carbocycles. The Labute approximate surface area is 89.0 Å². The Balaban J connectivity index is 2.02. The molecule has 0 unspecified atom stereocenters. The van der Waals surface area contributed by atoms with E-state index in [0.29, 0.717) is 6.61 Å². The summed E-state index contributed by atoms with van der Waals surface area (Å²) in [5.74, 6) is 0.915. The van der Waals surface area contributed by atoms with Crippen molar-refractivity contribution in [2.75, 3.05) is 38.3 Å². The van der Waals surface area contributed by atoms with Crippen molar-refractivity contribution in [2.45, 2.75) is 6.61 Å². The highest BCUT2D eigenvalue weighted by Gasteiger charge is 2.12. The molecule has 0 radical (unpaired) electrons. The molecule has 1 aliphatic rings. The van der Waals surface area contributed by atoms with Crippen molar-refractivity contribution in [1.29, 1.82) is 0 Å². The van der Waals surface area contributed by atoms with E-state index in [2.05, 4.69) is 14.9 Å². The molecule has 15 heavy (non-hydrogen) atoms. The molecule has 5 heteroatoms. The number of ether oxygens (including phenoxy) is 2. The van der Waals surface area contributed by atoms with E-state index in [4.69, 9.17) is 9.47 Å². The van der Waals surface area contributed by atoms with Crippen LogP contribution in [0.25, 0.3) is 0 Å². The van der Waals surface area contributed by atoms with Crippen molar-refractivity contribution in [3.63, 3.8) is 0 Å². The molecule has 0 amide bonds. The first-order valence-corrected chi connectivity index (χ1v) is 5.02. The van der Waals surface area contributed by atoms with Gasteiger partial charge in [-0.2, -0.15) is 0 Å². The highest BCUT2D eigenvalue weighted by molar-refractivity contribution is 5.35. The van der Waals surface area contributed by atoms with E-state index >= 15 is 0 Å². The van der Waals surface area contributed by atoms with E-state index in [-0.39, 0.29) is 0 Å². The molecular formula is C10H15N3O2. The molecule has 0 saturated carbocycles. The summed E-state index contributed by atoms with van der Waals surface area (Å²) < 4.78 is 10.3. The number of methoxy groups -OCH3 is 1. The van der Waals surface area contributed by atoms with Crippen molar-refractivity contribution in [1.82, 2.24) is 9.97 Å². The van der Waals surface area contributed by atoms with Crippen LogP contribution >= 0.6 is 0 Å². The lowest BCUT2D eigenvalue weighted by atomic mass is 10.4. The van der Waals surface area contributed by atoms with Gasteiger partial charge in [0.05, 0.1) is 37.9 Å². The Kier molecular flexibility index (Phi) is 3.47. The van der Waals surface area contributed by atoms with Gasteiger partial charge >= 0.3 is 0 Å². The quantitative estimate of drug-likeness (QED) is 0.723. The van der Waals surface area contributed by atoms with E-state index in [0.717, 1.165) is 37.8 Å². The van der Waals surface area contributed by atoms with Crippen LogP contribution in [0.5, 0.6) is 0 Å². The number of aromatic nitrogens is 2. The Morgan fingerprint density at radius 3 is 2.73 bits per heavy atom. The SMILES string of the molecule is COCc1cnc(N2CCOCC2)cn1. The normalized spacial score (nSPS) is 16.7. The molecule has 2 rings (SSSR count). The summed E-state index contributed by atoms with van der Waals surface area (Å²) in [5, 5.41) is 0. The van der Waals surface area contributed by atoms with Gasteiger partial charge in [0, 0.05) is 20.2 Å². The second-order valence-electron chi connectivity index (χ2n) is 3.40. The van der Waals surface area contributed by atoms with E-state index in [1.54, 1.807) is 19.5 Å². The maximum Gasteiger partial charge on any atom is 0.147 e. The predicted molar refractivity (Wildman–Crippen MR) is 55.8 cm³/mol. The van der Waals surface area contributed by atoms with Crippen LogP contribution in [0.3, 0.4) is 0 Å². The summed E-state index contributed by atoms with van der Waals surface area (Å²) in [7, 11) is 1.65. The van der Waals surface area contributed by atoms with Gasteiger partial charge in [-0.1, -0.05) is 0 Å². The highest BCUT2D eigenvalue weighted by Crippen LogP contribution is 2.10. The first kappa shape index (κ1) is 10.3. The third-order valence-corrected chi connectivity index (χ3v) is 2.32. The summed E-state index contributed by atoms with van der Waals surface area (Å²) >= 11 is 0. The fourth-order valence-electron chi connectivity index (χ4n) is 1.53. The monoisotopic (exact) mass is 209 g/mol. The van der Waals surface area contributed by atoms with Gasteiger partial charge in [-0.15, -0.1) is 0 Å². The Hall–Kier alpha value is -1.20. The zero-order valence-corrected chi connectivity index (χ0v) is 8.85. The van der Waals surface area contributed by atoms with E-state index in [9.17, 15) is 0 Å². The van der Waals surface area contributed by atoms with Gasteiger partial charge in [0.15, 0.2) is 0 Å². The molecule has 2 heterocycles. The van der Waals surface area contributed by atoms with Crippen LogP contribution in [-0.4, -0.2) is 43.4 Å². The molecule has 5 nitrogen and oxygen atoms in total. The molecule has 1 aromatic rings. The van der Waals surface area contributed by atoms with Crippen molar-refractivity contribution < 1.29 is 9.47 Å². The number of morpholine rings is 1. The minimum atomic E-state index is 0.510. The third kappa shape index (κ3) is 2.64. The first-order valence-electron chi connectivity index (χ1n) is 5.02. The van der Waals surface area contributed by atoms with Crippen LogP contribution < -0.4 is 4.90 Å². The lowest BCUT2D eigenvalue weighted by molar-refractivity contribution is 0.122. The van der Waals surface area contributed by atoms with Gasteiger partial charge in [-0.05, 0) is 0 Å². The Morgan fingerprint density at radius 1 is 1.33 bits per heavy atom. The van der Waals surface area contributed by atoms with Crippen LogP contribution in [0.15, 0.2) is 12.4 Å². The standard InChI is InChI=1S/C10H15N3O2/c1-14-8-9-6-12-10(7-11-9)13-2-4-15-5-3-13/h6-7H,2-5,8H2,1H3. The first-order chi connectivity index (χ1) is 7.40. The summed E-state index contributed by atoms with van der Waals surface area (Å²) in [5.41, 5.74) is 0.856. The number of rotatable bonds is 3. The predicted octanol–water partition coefficient (Wildman–Crippen LogP) is 0.460. The highest BCUT2D eigenvalue weighted by atomic mass is 16.5. The number of hydrogen-bond acceptors (Lipinski definition) is 5. The number of hydrogen-bond donors (Lipinski definition) is 0. The van der Waals surface area contributed by atoms with Gasteiger partial charge in [-0.3, -0.25) is 4.98 Å². The molecule has 0 N–H and O–H groups in total. The minimum absolute atomic E-state index is 0.510. The fraction of sp³-hybridized carbons (Fsp3) is 0.600. The van der Waals surface area contributed by atoms with E-state index in [1.807, 2.05) is 0 Å². The van der Waals surface area contributed by atoms with Gasteiger partial charge in [0.2, 0.25) is 0 Å². The molecular weight excluding hydrogens is 194 g/mol. The Morgan fingerprint density at radius 2 is 2.13 bits per heavy atom. The topological polar surface area (TPSA) is 47.5 Å². The van der Waals surface area contributed by atoms with Crippen molar-refractivity contribution >= 4 is 5.82 Å². The second-order valence-corrected chi connectivity index (χ2v) is 3.40. The van der Waals surface area contributed by atoms with Gasteiger partial charge in [0.1, 0.15) is 5.82 Å². The molecule has 0 spiro atoms. The van der Waals surface area contributed by atoms with Crippen LogP contribution in [0, 0.1) is 0 Å². The van der Waals surface area contributed by atoms with Gasteiger partial charge in [-0.25, -0.2) is 4.98 Å². The summed E-state index contributed by atoms with van der Waals surface area (Å²) in [6, 6.07) is 0. The summed E-state index contributed by atoms with van der Waals surface area (Å²) in [6.45, 7) is 3.82. The molecule has 1 fully saturated rings. The lowest BCUT2D eigenvalue weighted by Crippen LogP contribution is -2.36. The molecule has 0 aromatic carbocycles. The smallest absolute Gasteiger partial charge is 0.147 e. The fourth-order valence-corrected chi connectivity index (χ4v) is 1.53. The maximum absolute atomic E-state index is 5.27. The van der Waals surface area contributed by atoms with Crippen molar-refractivity contribution in [3.8, 4) is 0 Å². The average Bonchev–Trinajstić information content (AvgIpc) is 2.32. The summed E-state index contributed by atoms with van der Waals surface area (Å²) in [6.07, 6.45) is 3.55. The Bertz CT molecular complexity index is 296. The maximum atomic E-state index is 5.27. The van der Waals surface area contributed by atoms with E-state index < -0.39 is 0 Å². The molecule has 0 atom stereocenters. The van der Waals surface area contributed by atoms with Crippen LogP contribution in [0.1, 0.15) is 5.69 Å². The molecule has 82 valence electrons. The zero-order valence-electron chi connectivity index (χ0n) is 8.85. The van der Waals surface area contributed by atoms with Gasteiger partial charge in [0.25, 0.3) is 0 Å². The minimum Gasteiger partial charge on any atom is -0.378 e. The van der Waals surface area contributed by atoms with Crippen LogP contribution in [0.4, 0.5) is 5.82 Å². The van der Waals surface area contributed by atoms with Crippen molar-refractivity contribution in [2.24, 2.45) is 0 Å². The second kappa shape index (κ2) is 5.04. The van der Waals surface area contributed by atoms with E-state index in [1.165, 1.54) is 0 Å². The zero-order chi connectivity index (χ0) is 10.5. The lowest BCUT2D eigenvalue weighted by Gasteiger charge is -2.27. The largest absolute Gasteiger partial charge is 0.378 e. The number of nitrogens with zero attached hydrogens (tertiary/aromatic N) is 3. The number of anilines is 1. The molecule has 1 aliphatic heterocycles. The molecule has 0 bridgehead atoms. The third-order valence-electron chi connectivity index (χ3n) is 2.32. The van der Waals surface area contributed by atoms with Crippen LogP contribution in [-0.2, 0) is 16.1 Å². The summed E-state index contributed by atoms with van der Waals surface area (Å²) in [4.78, 5) is 10.8. The molecule has 1 aromatic heterocycles. The van der Waals surface area contributed by atoms with Crippen LogP contribution in [0.2, 0.25) is 0 Å². The molecule has 1 saturated heterocycles. The van der Waals surface area contributed by atoms with Crippen molar-refractivity contribution in [3.05, 3.63) is 18.1 Å².